The Balaban J connectivity index is 0.00000342. The first-order valence-electron chi connectivity index (χ1n) is 10.6. The molecule has 0 saturated heterocycles. The van der Waals surface area contributed by atoms with E-state index in [9.17, 15) is 18.4 Å². The zero-order valence-corrected chi connectivity index (χ0v) is 19.9. The van der Waals surface area contributed by atoms with Crippen LogP contribution in [0.25, 0.3) is 11.1 Å². The van der Waals surface area contributed by atoms with Crippen LogP contribution in [0, 0.1) is 18.3 Å². The van der Waals surface area contributed by atoms with E-state index in [4.69, 9.17) is 4.74 Å². The number of benzene rings is 3. The lowest BCUT2D eigenvalue weighted by Gasteiger charge is -2.21. The predicted molar refractivity (Wildman–Crippen MR) is 130 cm³/mol. The van der Waals surface area contributed by atoms with Crippen molar-refractivity contribution in [3.05, 3.63) is 113 Å². The fraction of sp³-hybridized carbons (Fsp3) is 0.185. The molecule has 4 nitrogen and oxygen atoms in total. The Kier molecular flexibility index (Phi) is 8.00. The van der Waals surface area contributed by atoms with Gasteiger partial charge in [0.25, 0.3) is 0 Å². The number of imidazole rings is 1. The Bertz CT molecular complexity index is 1340. The molecule has 35 heavy (non-hydrogen) atoms. The number of alkyl halides is 3. The van der Waals surface area contributed by atoms with E-state index >= 15 is 0 Å². The van der Waals surface area contributed by atoms with Crippen molar-refractivity contribution in [2.75, 3.05) is 0 Å². The van der Waals surface area contributed by atoms with Crippen LogP contribution in [0.4, 0.5) is 13.2 Å². The van der Waals surface area contributed by atoms with Gasteiger partial charge in [0.2, 0.25) is 0 Å². The van der Waals surface area contributed by atoms with E-state index in [1.54, 1.807) is 18.6 Å². The summed E-state index contributed by atoms with van der Waals surface area (Å²) in [4.78, 5) is 4.20. The highest BCUT2D eigenvalue weighted by molar-refractivity contribution is 5.85. The van der Waals surface area contributed by atoms with Crippen molar-refractivity contribution in [2.24, 2.45) is 7.05 Å². The Hall–Kier alpha value is -3.60. The lowest BCUT2D eigenvalue weighted by molar-refractivity contribution is -0.137. The fourth-order valence-corrected chi connectivity index (χ4v) is 3.86. The Morgan fingerprint density at radius 3 is 2.34 bits per heavy atom. The first-order valence-corrected chi connectivity index (χ1v) is 10.6. The largest absolute Gasteiger partial charge is 0.416 e. The van der Waals surface area contributed by atoms with Crippen LogP contribution in [0.3, 0.4) is 0 Å². The van der Waals surface area contributed by atoms with Gasteiger partial charge in [0, 0.05) is 12.6 Å². The average molecular weight is 498 g/mol. The second-order valence-corrected chi connectivity index (χ2v) is 8.05. The first-order chi connectivity index (χ1) is 16.3. The van der Waals surface area contributed by atoms with E-state index in [-0.39, 0.29) is 19.0 Å². The van der Waals surface area contributed by atoms with Gasteiger partial charge in [-0.05, 0) is 53.4 Å². The molecule has 1 heterocycles. The smallest absolute Gasteiger partial charge is 0.363 e. The van der Waals surface area contributed by atoms with Crippen LogP contribution in [-0.2, 0) is 24.6 Å². The van der Waals surface area contributed by atoms with E-state index < -0.39 is 17.8 Å². The van der Waals surface area contributed by atoms with Gasteiger partial charge in [-0.15, -0.1) is 12.4 Å². The number of nitrogens with zero attached hydrogens (tertiary/aromatic N) is 3. The first kappa shape index (κ1) is 26.0. The third kappa shape index (κ3) is 5.73. The molecule has 1 aromatic heterocycles. The van der Waals surface area contributed by atoms with Gasteiger partial charge < -0.3 is 9.30 Å². The van der Waals surface area contributed by atoms with Gasteiger partial charge >= 0.3 is 6.18 Å². The van der Waals surface area contributed by atoms with Crippen molar-refractivity contribution >= 4 is 12.4 Å². The lowest BCUT2D eigenvalue weighted by atomic mass is 9.93. The molecule has 0 saturated carbocycles. The highest BCUT2D eigenvalue weighted by atomic mass is 35.5. The molecule has 4 rings (SSSR count). The zero-order chi connectivity index (χ0) is 24.3. The topological polar surface area (TPSA) is 50.8 Å². The van der Waals surface area contributed by atoms with Crippen molar-refractivity contribution in [1.82, 2.24) is 9.55 Å². The van der Waals surface area contributed by atoms with Gasteiger partial charge in [-0.25, -0.2) is 4.98 Å². The molecule has 0 fully saturated rings. The van der Waals surface area contributed by atoms with Crippen molar-refractivity contribution in [3.63, 3.8) is 0 Å². The van der Waals surface area contributed by atoms with Crippen LogP contribution in [-0.4, -0.2) is 9.55 Å². The van der Waals surface area contributed by atoms with E-state index in [0.29, 0.717) is 11.1 Å². The highest BCUT2D eigenvalue weighted by Crippen LogP contribution is 2.34. The summed E-state index contributed by atoms with van der Waals surface area (Å²) in [6, 6.07) is 20.6. The minimum absolute atomic E-state index is 0. The number of aromatic nitrogens is 2. The maximum absolute atomic E-state index is 12.9. The van der Waals surface area contributed by atoms with E-state index in [1.165, 1.54) is 12.1 Å². The maximum Gasteiger partial charge on any atom is 0.416 e. The molecular formula is C27H23ClF3N3O. The van der Waals surface area contributed by atoms with Crippen LogP contribution < -0.4 is 0 Å². The average Bonchev–Trinajstić information content (AvgIpc) is 3.25. The summed E-state index contributed by atoms with van der Waals surface area (Å²) in [5, 5.41) is 9.68. The SMILES string of the molecule is Cc1ccccc1-c1cc(C(OCc2ccc(C(F)(F)F)cc2)c2cncn2C)ccc1C#N.Cl. The maximum atomic E-state index is 12.9. The summed E-state index contributed by atoms with van der Waals surface area (Å²) in [5.41, 5.74) is 4.85. The highest BCUT2D eigenvalue weighted by Gasteiger charge is 2.30. The van der Waals surface area contributed by atoms with Crippen LogP contribution in [0.15, 0.2) is 79.3 Å². The molecule has 0 amide bonds. The van der Waals surface area contributed by atoms with Crippen molar-refractivity contribution < 1.29 is 17.9 Å². The number of hydrogen-bond acceptors (Lipinski definition) is 3. The van der Waals surface area contributed by atoms with Crippen molar-refractivity contribution in [3.8, 4) is 17.2 Å². The number of aryl methyl sites for hydroxylation is 2. The summed E-state index contributed by atoms with van der Waals surface area (Å²) >= 11 is 0. The van der Waals surface area contributed by atoms with Crippen LogP contribution in [0.2, 0.25) is 0 Å². The molecule has 8 heteroatoms. The standard InChI is InChI=1S/C27H22F3N3O.ClH/c1-18-5-3-4-6-23(18)24-13-20(9-10-21(24)14-31)26(25-15-32-17-33(25)2)34-16-19-7-11-22(12-8-19)27(28,29)30;/h3-13,15,17,26H,16H2,1-2H3;1H. The zero-order valence-electron chi connectivity index (χ0n) is 19.1. The number of nitriles is 1. The molecule has 180 valence electrons. The normalized spacial score (nSPS) is 12.0. The fourth-order valence-electron chi connectivity index (χ4n) is 3.86. The Labute approximate surface area is 208 Å². The quantitative estimate of drug-likeness (QED) is 0.288. The lowest BCUT2D eigenvalue weighted by Crippen LogP contribution is -2.11. The Morgan fingerprint density at radius 2 is 1.74 bits per heavy atom. The van der Waals surface area contributed by atoms with Crippen LogP contribution in [0.5, 0.6) is 0 Å². The molecule has 3 aromatic carbocycles. The number of halogens is 4. The molecular weight excluding hydrogens is 475 g/mol. The van der Waals surface area contributed by atoms with Gasteiger partial charge in [0.15, 0.2) is 0 Å². The molecule has 1 unspecified atom stereocenters. The minimum Gasteiger partial charge on any atom is -0.363 e. The summed E-state index contributed by atoms with van der Waals surface area (Å²) in [5.74, 6) is 0. The van der Waals surface area contributed by atoms with Gasteiger partial charge in [0.05, 0.1) is 42.0 Å². The molecule has 0 aliphatic carbocycles. The van der Waals surface area contributed by atoms with Gasteiger partial charge in [-0.3, -0.25) is 0 Å². The van der Waals surface area contributed by atoms with Crippen molar-refractivity contribution in [1.29, 1.82) is 5.26 Å². The summed E-state index contributed by atoms with van der Waals surface area (Å²) in [7, 11) is 1.85. The van der Waals surface area contributed by atoms with Crippen LogP contribution in [0.1, 0.15) is 39.6 Å². The molecule has 0 N–H and O–H groups in total. The van der Waals surface area contributed by atoms with E-state index in [2.05, 4.69) is 11.1 Å². The van der Waals surface area contributed by atoms with Crippen LogP contribution >= 0.6 is 12.4 Å². The number of ether oxygens (including phenoxy) is 1. The van der Waals surface area contributed by atoms with E-state index in [1.807, 2.05) is 54.9 Å². The summed E-state index contributed by atoms with van der Waals surface area (Å²) in [6.07, 6.45) is -1.56. The third-order valence-corrected chi connectivity index (χ3v) is 5.72. The molecule has 1 atom stereocenters. The molecule has 0 aliphatic heterocycles. The minimum atomic E-state index is -4.38. The van der Waals surface area contributed by atoms with E-state index in [0.717, 1.165) is 40.1 Å². The molecule has 0 aliphatic rings. The van der Waals surface area contributed by atoms with Gasteiger partial charge in [0.1, 0.15) is 6.10 Å². The second-order valence-electron chi connectivity index (χ2n) is 8.05. The molecule has 4 aromatic rings. The molecule has 0 radical (unpaired) electrons. The van der Waals surface area contributed by atoms with Gasteiger partial charge in [-0.2, -0.15) is 18.4 Å². The van der Waals surface area contributed by atoms with Crippen molar-refractivity contribution in [2.45, 2.75) is 25.8 Å². The van der Waals surface area contributed by atoms with Gasteiger partial charge in [-0.1, -0.05) is 42.5 Å². The number of rotatable bonds is 6. The molecule has 0 bridgehead atoms. The number of hydrogen-bond donors (Lipinski definition) is 0. The predicted octanol–water partition coefficient (Wildman–Crippen LogP) is 7.01. The summed E-state index contributed by atoms with van der Waals surface area (Å²) in [6.45, 7) is 2.09. The molecule has 0 spiro atoms. The Morgan fingerprint density at radius 1 is 1.03 bits per heavy atom. The summed E-state index contributed by atoms with van der Waals surface area (Å²) < 4.78 is 46.7. The monoisotopic (exact) mass is 497 g/mol. The third-order valence-electron chi connectivity index (χ3n) is 5.72. The second kappa shape index (κ2) is 10.8.